The maximum absolute atomic E-state index is 13.7. The van der Waals surface area contributed by atoms with Crippen LogP contribution in [-0.2, 0) is 9.59 Å². The van der Waals surface area contributed by atoms with Crippen molar-refractivity contribution in [3.8, 4) is 17.2 Å². The molecule has 7 nitrogen and oxygen atoms in total. The van der Waals surface area contributed by atoms with Gasteiger partial charge in [-0.3, -0.25) is 9.59 Å². The van der Waals surface area contributed by atoms with Gasteiger partial charge in [-0.1, -0.05) is 6.07 Å². The lowest BCUT2D eigenvalue weighted by molar-refractivity contribution is -0.137. The summed E-state index contributed by atoms with van der Waals surface area (Å²) in [5.74, 6) is -1.43. The van der Waals surface area contributed by atoms with Gasteiger partial charge in [-0.25, -0.2) is 4.39 Å². The van der Waals surface area contributed by atoms with Crippen LogP contribution in [0.2, 0.25) is 0 Å². The topological polar surface area (TPSA) is 94.1 Å². The molecule has 0 heterocycles. The molecule has 28 heavy (non-hydrogen) atoms. The van der Waals surface area contributed by atoms with E-state index < -0.39 is 30.3 Å². The quantitative estimate of drug-likeness (QED) is 0.683. The van der Waals surface area contributed by atoms with E-state index in [0.29, 0.717) is 17.1 Å². The highest BCUT2D eigenvalue weighted by atomic mass is 19.1. The first kappa shape index (κ1) is 21.0. The lowest BCUT2D eigenvalue weighted by Gasteiger charge is -2.20. The summed E-state index contributed by atoms with van der Waals surface area (Å²) < 4.78 is 29.4. The van der Waals surface area contributed by atoms with Gasteiger partial charge in [0, 0.05) is 11.6 Å². The van der Waals surface area contributed by atoms with Gasteiger partial charge in [0.25, 0.3) is 5.91 Å². The number of amides is 1. The third kappa shape index (κ3) is 5.60. The summed E-state index contributed by atoms with van der Waals surface area (Å²) in [6, 6.07) is 8.29. The molecule has 0 aromatic heterocycles. The van der Waals surface area contributed by atoms with Gasteiger partial charge in [0.2, 0.25) is 0 Å². The van der Waals surface area contributed by atoms with E-state index >= 15 is 0 Å². The number of carbonyl (C=O) groups is 2. The molecule has 2 N–H and O–H groups in total. The van der Waals surface area contributed by atoms with E-state index in [1.807, 2.05) is 0 Å². The van der Waals surface area contributed by atoms with Crippen molar-refractivity contribution in [2.45, 2.75) is 19.4 Å². The van der Waals surface area contributed by atoms with Crippen LogP contribution in [0.4, 0.5) is 4.39 Å². The Morgan fingerprint density at radius 2 is 1.86 bits per heavy atom. The maximum atomic E-state index is 13.7. The molecule has 1 amide bonds. The number of halogens is 1. The van der Waals surface area contributed by atoms with Crippen LogP contribution in [-0.4, -0.2) is 37.8 Å². The zero-order valence-electron chi connectivity index (χ0n) is 15.8. The monoisotopic (exact) mass is 391 g/mol. The average molecular weight is 391 g/mol. The molecule has 1 unspecified atom stereocenters. The molecule has 0 saturated carbocycles. The summed E-state index contributed by atoms with van der Waals surface area (Å²) in [7, 11) is 2.92. The number of carbonyl (C=O) groups excluding carboxylic acids is 1. The van der Waals surface area contributed by atoms with Gasteiger partial charge in [0.15, 0.2) is 18.2 Å². The highest BCUT2D eigenvalue weighted by molar-refractivity contribution is 5.79. The Kier molecular flexibility index (Phi) is 7.20. The number of ether oxygens (including phenoxy) is 3. The minimum Gasteiger partial charge on any atom is -0.497 e. The standard InChI is InChI=1S/C20H22FNO6/c1-12-4-7-15(21)18(8-12)28-11-19(23)22-16(10-20(24)25)14-6-5-13(26-2)9-17(14)27-3/h4-9,16H,10-11H2,1-3H3,(H,22,23)(H,24,25). The fourth-order valence-corrected chi connectivity index (χ4v) is 2.62. The van der Waals surface area contributed by atoms with Crippen molar-refractivity contribution in [3.05, 3.63) is 53.3 Å². The zero-order chi connectivity index (χ0) is 20.7. The molecule has 2 rings (SSSR count). The first-order valence-corrected chi connectivity index (χ1v) is 8.46. The Hall–Kier alpha value is -3.29. The average Bonchev–Trinajstić information content (AvgIpc) is 2.67. The van der Waals surface area contributed by atoms with E-state index in [9.17, 15) is 19.1 Å². The van der Waals surface area contributed by atoms with Gasteiger partial charge in [-0.15, -0.1) is 0 Å². The first-order chi connectivity index (χ1) is 13.3. The Bertz CT molecular complexity index is 855. The number of carboxylic acid groups (broad SMARTS) is 1. The predicted molar refractivity (Wildman–Crippen MR) is 99.3 cm³/mol. The van der Waals surface area contributed by atoms with Crippen molar-refractivity contribution in [1.29, 1.82) is 0 Å². The lowest BCUT2D eigenvalue weighted by Crippen LogP contribution is -2.34. The molecule has 2 aromatic rings. The van der Waals surface area contributed by atoms with Gasteiger partial charge in [0.05, 0.1) is 26.7 Å². The van der Waals surface area contributed by atoms with Crippen LogP contribution in [0.25, 0.3) is 0 Å². The third-order valence-electron chi connectivity index (χ3n) is 3.98. The molecule has 8 heteroatoms. The molecular formula is C20H22FNO6. The summed E-state index contributed by atoms with van der Waals surface area (Å²) in [5, 5.41) is 11.8. The lowest BCUT2D eigenvalue weighted by atomic mass is 10.0. The van der Waals surface area contributed by atoms with Gasteiger partial charge >= 0.3 is 5.97 Å². The number of benzene rings is 2. The van der Waals surface area contributed by atoms with Gasteiger partial charge in [-0.2, -0.15) is 0 Å². The van der Waals surface area contributed by atoms with Crippen molar-refractivity contribution in [3.63, 3.8) is 0 Å². The SMILES string of the molecule is COc1ccc(C(CC(=O)O)NC(=O)COc2cc(C)ccc2F)c(OC)c1. The molecule has 0 radical (unpaired) electrons. The minimum atomic E-state index is -1.10. The predicted octanol–water partition coefficient (Wildman–Crippen LogP) is 2.86. The van der Waals surface area contributed by atoms with Crippen LogP contribution in [0, 0.1) is 12.7 Å². The number of carboxylic acids is 1. The van der Waals surface area contributed by atoms with Crippen LogP contribution in [0.1, 0.15) is 23.6 Å². The number of aliphatic carboxylic acids is 1. The number of methoxy groups -OCH3 is 2. The molecule has 0 aliphatic rings. The largest absolute Gasteiger partial charge is 0.497 e. The van der Waals surface area contributed by atoms with Crippen LogP contribution >= 0.6 is 0 Å². The summed E-state index contributed by atoms with van der Waals surface area (Å²) in [6.07, 6.45) is -0.368. The second-order valence-electron chi connectivity index (χ2n) is 6.05. The minimum absolute atomic E-state index is 0.0491. The fourth-order valence-electron chi connectivity index (χ4n) is 2.62. The fraction of sp³-hybridized carbons (Fsp3) is 0.300. The van der Waals surface area contributed by atoms with Crippen molar-refractivity contribution in [2.24, 2.45) is 0 Å². The van der Waals surface area contributed by atoms with Crippen LogP contribution < -0.4 is 19.5 Å². The molecule has 0 saturated heterocycles. The second-order valence-corrected chi connectivity index (χ2v) is 6.05. The molecule has 0 aliphatic carbocycles. The Labute approximate surface area is 162 Å². The second kappa shape index (κ2) is 9.59. The van der Waals surface area contributed by atoms with Crippen molar-refractivity contribution in [1.82, 2.24) is 5.32 Å². The first-order valence-electron chi connectivity index (χ1n) is 8.46. The number of nitrogens with one attached hydrogen (secondary N) is 1. The number of aryl methyl sites for hydroxylation is 1. The third-order valence-corrected chi connectivity index (χ3v) is 3.98. The van der Waals surface area contributed by atoms with Gasteiger partial charge in [0.1, 0.15) is 11.5 Å². The molecule has 1 atom stereocenters. The molecule has 0 spiro atoms. The highest BCUT2D eigenvalue weighted by Gasteiger charge is 2.22. The molecule has 0 aliphatic heterocycles. The zero-order valence-corrected chi connectivity index (χ0v) is 15.8. The van der Waals surface area contributed by atoms with E-state index in [0.717, 1.165) is 5.56 Å². The Morgan fingerprint density at radius 3 is 2.50 bits per heavy atom. The molecular weight excluding hydrogens is 369 g/mol. The molecule has 0 bridgehead atoms. The molecule has 2 aromatic carbocycles. The van der Waals surface area contributed by atoms with E-state index in [-0.39, 0.29) is 12.2 Å². The summed E-state index contributed by atoms with van der Waals surface area (Å²) in [6.45, 7) is 1.31. The van der Waals surface area contributed by atoms with Crippen LogP contribution in [0.15, 0.2) is 36.4 Å². The molecule has 150 valence electrons. The highest BCUT2D eigenvalue weighted by Crippen LogP contribution is 2.31. The Balaban J connectivity index is 2.14. The smallest absolute Gasteiger partial charge is 0.305 e. The molecule has 0 fully saturated rings. The number of hydrogen-bond acceptors (Lipinski definition) is 5. The normalized spacial score (nSPS) is 11.4. The van der Waals surface area contributed by atoms with E-state index in [1.54, 1.807) is 31.2 Å². The van der Waals surface area contributed by atoms with Crippen molar-refractivity contribution < 1.29 is 33.3 Å². The van der Waals surface area contributed by atoms with E-state index in [2.05, 4.69) is 5.32 Å². The summed E-state index contributed by atoms with van der Waals surface area (Å²) >= 11 is 0. The van der Waals surface area contributed by atoms with E-state index in [1.165, 1.54) is 26.4 Å². The number of rotatable bonds is 9. The Morgan fingerprint density at radius 1 is 1.11 bits per heavy atom. The maximum Gasteiger partial charge on any atom is 0.305 e. The van der Waals surface area contributed by atoms with Gasteiger partial charge < -0.3 is 24.6 Å². The summed E-state index contributed by atoms with van der Waals surface area (Å²) in [4.78, 5) is 23.5. The summed E-state index contributed by atoms with van der Waals surface area (Å²) in [5.41, 5.74) is 1.25. The van der Waals surface area contributed by atoms with E-state index in [4.69, 9.17) is 14.2 Å². The number of hydrogen-bond donors (Lipinski definition) is 2. The van der Waals surface area contributed by atoms with Crippen LogP contribution in [0.3, 0.4) is 0 Å². The van der Waals surface area contributed by atoms with Crippen LogP contribution in [0.5, 0.6) is 17.2 Å². The van der Waals surface area contributed by atoms with Gasteiger partial charge in [-0.05, 0) is 36.8 Å². The van der Waals surface area contributed by atoms with Crippen molar-refractivity contribution in [2.75, 3.05) is 20.8 Å². The van der Waals surface area contributed by atoms with Crippen molar-refractivity contribution >= 4 is 11.9 Å².